The van der Waals surface area contributed by atoms with Gasteiger partial charge in [-0.25, -0.2) is 0 Å². The number of ether oxygens (including phenoxy) is 1. The molecule has 3 rings (SSSR count). The molecule has 0 aliphatic heterocycles. The minimum Gasteiger partial charge on any atom is -0.465 e. The summed E-state index contributed by atoms with van der Waals surface area (Å²) in [5.41, 5.74) is 4.03. The SMILES string of the molecule is CCOC(=O)C(Cc1ccccc1)c1cc(C(C)(C)C)nn1Cc1ccccc1. The summed E-state index contributed by atoms with van der Waals surface area (Å²) in [4.78, 5) is 12.9. The van der Waals surface area contributed by atoms with Crippen molar-refractivity contribution in [2.24, 2.45) is 0 Å². The molecule has 1 atom stereocenters. The number of nitrogens with zero attached hydrogens (tertiary/aromatic N) is 2. The zero-order valence-corrected chi connectivity index (χ0v) is 17.8. The second-order valence-corrected chi connectivity index (χ2v) is 8.34. The van der Waals surface area contributed by atoms with Crippen LogP contribution in [0.4, 0.5) is 0 Å². The van der Waals surface area contributed by atoms with Gasteiger partial charge in [-0.3, -0.25) is 9.48 Å². The molecule has 0 spiro atoms. The van der Waals surface area contributed by atoms with Crippen LogP contribution in [0.25, 0.3) is 0 Å². The van der Waals surface area contributed by atoms with Gasteiger partial charge in [-0.1, -0.05) is 81.4 Å². The van der Waals surface area contributed by atoms with Gasteiger partial charge in [0.1, 0.15) is 5.92 Å². The summed E-state index contributed by atoms with van der Waals surface area (Å²) in [7, 11) is 0. The molecule has 0 saturated carbocycles. The highest BCUT2D eigenvalue weighted by Crippen LogP contribution is 2.29. The molecular weight excluding hydrogens is 360 g/mol. The van der Waals surface area contributed by atoms with Crippen LogP contribution in [0.3, 0.4) is 0 Å². The summed E-state index contributed by atoms with van der Waals surface area (Å²) in [6.07, 6.45) is 0.587. The standard InChI is InChI=1S/C25H30N2O2/c1-5-29-24(28)21(16-19-12-8-6-9-13-19)22-17-23(25(2,3)4)26-27(22)18-20-14-10-7-11-15-20/h6-15,17,21H,5,16,18H2,1-4H3. The predicted molar refractivity (Wildman–Crippen MR) is 116 cm³/mol. The van der Waals surface area contributed by atoms with Gasteiger partial charge in [-0.2, -0.15) is 5.10 Å². The molecule has 0 N–H and O–H groups in total. The topological polar surface area (TPSA) is 44.1 Å². The Balaban J connectivity index is 2.04. The molecule has 29 heavy (non-hydrogen) atoms. The van der Waals surface area contributed by atoms with Gasteiger partial charge < -0.3 is 4.74 Å². The van der Waals surface area contributed by atoms with Gasteiger partial charge in [-0.05, 0) is 30.5 Å². The van der Waals surface area contributed by atoms with Crippen molar-refractivity contribution in [3.05, 3.63) is 89.2 Å². The van der Waals surface area contributed by atoms with Gasteiger partial charge in [0.2, 0.25) is 0 Å². The molecule has 1 unspecified atom stereocenters. The van der Waals surface area contributed by atoms with Crippen molar-refractivity contribution < 1.29 is 9.53 Å². The van der Waals surface area contributed by atoms with E-state index in [1.807, 2.05) is 48.0 Å². The first-order valence-corrected chi connectivity index (χ1v) is 10.2. The summed E-state index contributed by atoms with van der Waals surface area (Å²) >= 11 is 0. The molecule has 0 aliphatic rings. The van der Waals surface area contributed by atoms with Crippen molar-refractivity contribution in [1.29, 1.82) is 0 Å². The third kappa shape index (κ3) is 5.35. The van der Waals surface area contributed by atoms with E-state index in [9.17, 15) is 4.79 Å². The van der Waals surface area contributed by atoms with Crippen LogP contribution in [0, 0.1) is 0 Å². The van der Waals surface area contributed by atoms with Crippen molar-refractivity contribution in [2.75, 3.05) is 6.61 Å². The van der Waals surface area contributed by atoms with Crippen LogP contribution in [0.15, 0.2) is 66.7 Å². The van der Waals surface area contributed by atoms with Crippen LogP contribution >= 0.6 is 0 Å². The monoisotopic (exact) mass is 390 g/mol. The summed E-state index contributed by atoms with van der Waals surface area (Å²) < 4.78 is 7.42. The molecule has 0 aliphatic carbocycles. The summed E-state index contributed by atoms with van der Waals surface area (Å²) in [5.74, 6) is -0.601. The third-order valence-electron chi connectivity index (χ3n) is 4.97. The van der Waals surface area contributed by atoms with Gasteiger partial charge in [0.15, 0.2) is 0 Å². The van der Waals surface area contributed by atoms with Crippen LogP contribution in [0.5, 0.6) is 0 Å². The van der Waals surface area contributed by atoms with Gasteiger partial charge in [0, 0.05) is 5.41 Å². The number of esters is 1. The highest BCUT2D eigenvalue weighted by Gasteiger charge is 2.29. The Bertz CT molecular complexity index is 924. The van der Waals surface area contributed by atoms with Crippen molar-refractivity contribution in [1.82, 2.24) is 9.78 Å². The normalized spacial score (nSPS) is 12.6. The fourth-order valence-corrected chi connectivity index (χ4v) is 3.36. The Kier molecular flexibility index (Phi) is 6.53. The number of aromatic nitrogens is 2. The lowest BCUT2D eigenvalue weighted by Gasteiger charge is -2.17. The van der Waals surface area contributed by atoms with E-state index in [2.05, 4.69) is 51.1 Å². The fourth-order valence-electron chi connectivity index (χ4n) is 3.36. The number of benzene rings is 2. The van der Waals surface area contributed by atoms with E-state index < -0.39 is 5.92 Å². The summed E-state index contributed by atoms with van der Waals surface area (Å²) in [6, 6.07) is 22.4. The second kappa shape index (κ2) is 9.08. The van der Waals surface area contributed by atoms with Crippen LogP contribution in [-0.2, 0) is 27.9 Å². The maximum Gasteiger partial charge on any atom is 0.315 e. The lowest BCUT2D eigenvalue weighted by Crippen LogP contribution is -2.22. The third-order valence-corrected chi connectivity index (χ3v) is 4.97. The summed E-state index contributed by atoms with van der Waals surface area (Å²) in [6.45, 7) is 9.26. The molecule has 0 amide bonds. The Hall–Kier alpha value is -2.88. The molecule has 0 radical (unpaired) electrons. The molecule has 0 bridgehead atoms. The summed E-state index contributed by atoms with van der Waals surface area (Å²) in [5, 5.41) is 4.89. The average Bonchev–Trinajstić information content (AvgIpc) is 3.12. The first-order valence-electron chi connectivity index (χ1n) is 10.2. The molecule has 1 aromatic heterocycles. The van der Waals surface area contributed by atoms with Gasteiger partial charge in [0.25, 0.3) is 0 Å². The van der Waals surface area contributed by atoms with Crippen LogP contribution in [-0.4, -0.2) is 22.4 Å². The van der Waals surface area contributed by atoms with E-state index in [1.54, 1.807) is 0 Å². The Morgan fingerprint density at radius 3 is 2.14 bits per heavy atom. The highest BCUT2D eigenvalue weighted by atomic mass is 16.5. The highest BCUT2D eigenvalue weighted by molar-refractivity contribution is 5.78. The number of hydrogen-bond acceptors (Lipinski definition) is 3. The van der Waals surface area contributed by atoms with Crippen LogP contribution < -0.4 is 0 Å². The smallest absolute Gasteiger partial charge is 0.315 e. The predicted octanol–water partition coefficient (Wildman–Crippen LogP) is 5.12. The Labute approximate surface area is 173 Å². The largest absolute Gasteiger partial charge is 0.465 e. The van der Waals surface area contributed by atoms with E-state index in [0.29, 0.717) is 19.6 Å². The lowest BCUT2D eigenvalue weighted by molar-refractivity contribution is -0.145. The van der Waals surface area contributed by atoms with Crippen LogP contribution in [0.1, 0.15) is 56.1 Å². The van der Waals surface area contributed by atoms with Crippen molar-refractivity contribution in [3.8, 4) is 0 Å². The second-order valence-electron chi connectivity index (χ2n) is 8.34. The lowest BCUT2D eigenvalue weighted by atomic mass is 9.90. The minimum atomic E-state index is -0.398. The molecule has 3 aromatic rings. The van der Waals surface area contributed by atoms with E-state index in [4.69, 9.17) is 9.84 Å². The van der Waals surface area contributed by atoms with Gasteiger partial charge >= 0.3 is 5.97 Å². The molecule has 4 heteroatoms. The zero-order valence-electron chi connectivity index (χ0n) is 17.8. The van der Waals surface area contributed by atoms with E-state index in [1.165, 1.54) is 0 Å². The quantitative estimate of drug-likeness (QED) is 0.526. The Morgan fingerprint density at radius 2 is 1.59 bits per heavy atom. The first kappa shape index (κ1) is 20.8. The minimum absolute atomic E-state index is 0.108. The van der Waals surface area contributed by atoms with Crippen LogP contribution in [0.2, 0.25) is 0 Å². The van der Waals surface area contributed by atoms with E-state index >= 15 is 0 Å². The molecular formula is C25H30N2O2. The molecule has 4 nitrogen and oxygen atoms in total. The zero-order chi connectivity index (χ0) is 20.9. The molecule has 0 fully saturated rings. The van der Waals surface area contributed by atoms with E-state index in [0.717, 1.165) is 22.5 Å². The molecule has 2 aromatic carbocycles. The maximum atomic E-state index is 12.9. The average molecular weight is 391 g/mol. The van der Waals surface area contributed by atoms with Gasteiger partial charge in [0.05, 0.1) is 24.5 Å². The number of hydrogen-bond donors (Lipinski definition) is 0. The molecule has 1 heterocycles. The molecule has 152 valence electrons. The van der Waals surface area contributed by atoms with Crippen molar-refractivity contribution in [2.45, 2.75) is 52.0 Å². The molecule has 0 saturated heterocycles. The number of carbonyl (C=O) groups is 1. The first-order chi connectivity index (χ1) is 13.9. The maximum absolute atomic E-state index is 12.9. The number of rotatable bonds is 7. The fraction of sp³-hybridized carbons (Fsp3) is 0.360. The van der Waals surface area contributed by atoms with E-state index in [-0.39, 0.29) is 11.4 Å². The van der Waals surface area contributed by atoms with Crippen molar-refractivity contribution in [3.63, 3.8) is 0 Å². The van der Waals surface area contributed by atoms with Gasteiger partial charge in [-0.15, -0.1) is 0 Å². The van der Waals surface area contributed by atoms with Crippen molar-refractivity contribution >= 4 is 5.97 Å². The Morgan fingerprint density at radius 1 is 1.00 bits per heavy atom. The number of carbonyl (C=O) groups excluding carboxylic acids is 1.